The van der Waals surface area contributed by atoms with E-state index in [1.54, 1.807) is 7.05 Å². The molecule has 1 saturated carbocycles. The number of likely N-dealkylation sites (N-methyl/N-ethyl adjacent to an activating group) is 1. The van der Waals surface area contributed by atoms with E-state index in [9.17, 15) is 9.59 Å². The van der Waals surface area contributed by atoms with Crippen molar-refractivity contribution >= 4 is 29.0 Å². The van der Waals surface area contributed by atoms with Crippen LogP contribution in [0.1, 0.15) is 19.3 Å². The van der Waals surface area contributed by atoms with Crippen molar-refractivity contribution in [3.8, 4) is 0 Å². The molecule has 1 fully saturated rings. The number of carbonyl (C=O) groups is 2. The second kappa shape index (κ2) is 5.79. The maximum absolute atomic E-state index is 11.6. The SMILES string of the molecule is CN(CC1CCC1)C(=O)C(=O)NCC(N)=S. The Kier molecular flexibility index (Phi) is 4.67. The van der Waals surface area contributed by atoms with Crippen LogP contribution in [0, 0.1) is 5.92 Å². The van der Waals surface area contributed by atoms with Gasteiger partial charge in [0.2, 0.25) is 0 Å². The molecule has 6 heteroatoms. The fourth-order valence-electron chi connectivity index (χ4n) is 1.56. The van der Waals surface area contributed by atoms with E-state index in [1.807, 2.05) is 0 Å². The molecule has 0 heterocycles. The van der Waals surface area contributed by atoms with E-state index in [0.717, 1.165) is 12.8 Å². The quantitative estimate of drug-likeness (QED) is 0.522. The highest BCUT2D eigenvalue weighted by atomic mass is 32.1. The first-order chi connectivity index (χ1) is 7.50. The number of thiocarbonyl (C=S) groups is 1. The fraction of sp³-hybridized carbons (Fsp3) is 0.700. The normalized spacial score (nSPS) is 15.1. The topological polar surface area (TPSA) is 75.4 Å². The molecular formula is C10H17N3O2S. The van der Waals surface area contributed by atoms with E-state index in [4.69, 9.17) is 5.73 Å². The van der Waals surface area contributed by atoms with Gasteiger partial charge >= 0.3 is 11.8 Å². The minimum absolute atomic E-state index is 0.0666. The second-order valence-electron chi connectivity index (χ2n) is 4.13. The van der Waals surface area contributed by atoms with Crippen molar-refractivity contribution in [3.05, 3.63) is 0 Å². The average molecular weight is 243 g/mol. The van der Waals surface area contributed by atoms with Crippen LogP contribution in [-0.2, 0) is 9.59 Å². The largest absolute Gasteiger partial charge is 0.392 e. The average Bonchev–Trinajstić information content (AvgIpc) is 2.18. The molecule has 0 saturated heterocycles. The number of nitrogens with zero attached hydrogens (tertiary/aromatic N) is 1. The summed E-state index contributed by atoms with van der Waals surface area (Å²) in [6.45, 7) is 0.719. The first-order valence-corrected chi connectivity index (χ1v) is 5.73. The number of hydrogen-bond acceptors (Lipinski definition) is 3. The number of carbonyl (C=O) groups excluding carboxylic acids is 2. The molecule has 2 amide bonds. The van der Waals surface area contributed by atoms with Crippen LogP contribution in [0.15, 0.2) is 0 Å². The minimum atomic E-state index is -0.644. The molecule has 1 aliphatic carbocycles. The summed E-state index contributed by atoms with van der Waals surface area (Å²) in [5.74, 6) is -0.616. The number of nitrogens with one attached hydrogen (secondary N) is 1. The minimum Gasteiger partial charge on any atom is -0.392 e. The van der Waals surface area contributed by atoms with Crippen LogP contribution in [-0.4, -0.2) is 41.8 Å². The molecule has 5 nitrogen and oxygen atoms in total. The van der Waals surface area contributed by atoms with Gasteiger partial charge in [-0.1, -0.05) is 18.6 Å². The van der Waals surface area contributed by atoms with E-state index in [-0.39, 0.29) is 11.5 Å². The zero-order valence-electron chi connectivity index (χ0n) is 9.36. The Balaban J connectivity index is 2.30. The number of hydrogen-bond donors (Lipinski definition) is 2. The van der Waals surface area contributed by atoms with Crippen LogP contribution < -0.4 is 11.1 Å². The predicted molar refractivity (Wildman–Crippen MR) is 64.8 cm³/mol. The van der Waals surface area contributed by atoms with Crippen molar-refractivity contribution in [1.82, 2.24) is 10.2 Å². The predicted octanol–water partition coefficient (Wildman–Crippen LogP) is -0.353. The van der Waals surface area contributed by atoms with E-state index >= 15 is 0 Å². The van der Waals surface area contributed by atoms with Crippen LogP contribution in [0.2, 0.25) is 0 Å². The number of rotatable bonds is 4. The van der Waals surface area contributed by atoms with Gasteiger partial charge in [-0.3, -0.25) is 9.59 Å². The third kappa shape index (κ3) is 3.77. The van der Waals surface area contributed by atoms with Crippen molar-refractivity contribution in [3.63, 3.8) is 0 Å². The van der Waals surface area contributed by atoms with Gasteiger partial charge in [-0.25, -0.2) is 0 Å². The van der Waals surface area contributed by atoms with Crippen molar-refractivity contribution in [2.45, 2.75) is 19.3 Å². The summed E-state index contributed by atoms with van der Waals surface area (Å²) in [4.78, 5) is 24.5. The van der Waals surface area contributed by atoms with E-state index < -0.39 is 11.8 Å². The molecule has 1 rings (SSSR count). The molecule has 0 aromatic rings. The Morgan fingerprint density at radius 1 is 1.50 bits per heavy atom. The van der Waals surface area contributed by atoms with Gasteiger partial charge in [0.05, 0.1) is 11.5 Å². The van der Waals surface area contributed by atoms with Crippen LogP contribution in [0.3, 0.4) is 0 Å². The molecule has 0 unspecified atom stereocenters. The lowest BCUT2D eigenvalue weighted by atomic mass is 9.85. The van der Waals surface area contributed by atoms with Crippen LogP contribution in [0.5, 0.6) is 0 Å². The lowest BCUT2D eigenvalue weighted by Gasteiger charge is -2.29. The van der Waals surface area contributed by atoms with E-state index in [2.05, 4.69) is 17.5 Å². The Bertz CT molecular complexity index is 302. The fourth-order valence-corrected chi connectivity index (χ4v) is 1.63. The molecule has 0 bridgehead atoms. The molecular weight excluding hydrogens is 226 g/mol. The molecule has 1 aliphatic rings. The summed E-state index contributed by atoms with van der Waals surface area (Å²) in [5, 5.41) is 2.38. The van der Waals surface area contributed by atoms with Gasteiger partial charge in [0.15, 0.2) is 0 Å². The molecule has 0 aromatic carbocycles. The summed E-state index contributed by atoms with van der Waals surface area (Å²) >= 11 is 4.60. The van der Waals surface area contributed by atoms with Gasteiger partial charge in [-0.15, -0.1) is 0 Å². The smallest absolute Gasteiger partial charge is 0.311 e. The third-order valence-electron chi connectivity index (χ3n) is 2.72. The molecule has 3 N–H and O–H groups in total. The summed E-state index contributed by atoms with van der Waals surface area (Å²) in [6.07, 6.45) is 3.51. The van der Waals surface area contributed by atoms with Gasteiger partial charge in [0.1, 0.15) is 0 Å². The summed E-state index contributed by atoms with van der Waals surface area (Å²) in [7, 11) is 1.64. The molecule has 90 valence electrons. The maximum atomic E-state index is 11.6. The molecule has 0 aliphatic heterocycles. The zero-order valence-corrected chi connectivity index (χ0v) is 10.2. The number of amides is 2. The van der Waals surface area contributed by atoms with Gasteiger partial charge < -0.3 is 16.0 Å². The van der Waals surface area contributed by atoms with Crippen molar-refractivity contribution in [1.29, 1.82) is 0 Å². The van der Waals surface area contributed by atoms with Crippen LogP contribution in [0.4, 0.5) is 0 Å². The van der Waals surface area contributed by atoms with E-state index in [0.29, 0.717) is 12.5 Å². The second-order valence-corrected chi connectivity index (χ2v) is 4.66. The first kappa shape index (κ1) is 12.9. The Hall–Kier alpha value is -1.17. The van der Waals surface area contributed by atoms with Gasteiger partial charge in [0, 0.05) is 13.6 Å². The van der Waals surface area contributed by atoms with E-state index in [1.165, 1.54) is 11.3 Å². The summed E-state index contributed by atoms with van der Waals surface area (Å²) in [5.41, 5.74) is 5.22. The summed E-state index contributed by atoms with van der Waals surface area (Å²) < 4.78 is 0. The summed E-state index contributed by atoms with van der Waals surface area (Å²) in [6, 6.07) is 0. The highest BCUT2D eigenvalue weighted by Gasteiger charge is 2.24. The highest BCUT2D eigenvalue weighted by molar-refractivity contribution is 7.80. The Morgan fingerprint density at radius 2 is 2.12 bits per heavy atom. The van der Waals surface area contributed by atoms with Crippen molar-refractivity contribution < 1.29 is 9.59 Å². The third-order valence-corrected chi connectivity index (χ3v) is 2.87. The van der Waals surface area contributed by atoms with Crippen LogP contribution >= 0.6 is 12.2 Å². The zero-order chi connectivity index (χ0) is 12.1. The van der Waals surface area contributed by atoms with Gasteiger partial charge in [0.25, 0.3) is 0 Å². The standard InChI is InChI=1S/C10H17N3O2S/c1-13(6-7-3-2-4-7)10(15)9(14)12-5-8(11)16/h7H,2-6H2,1H3,(H2,11,16)(H,12,14). The Morgan fingerprint density at radius 3 is 2.56 bits per heavy atom. The van der Waals surface area contributed by atoms with Gasteiger partial charge in [-0.2, -0.15) is 0 Å². The lowest BCUT2D eigenvalue weighted by molar-refractivity contribution is -0.145. The Labute approximate surface area is 100 Å². The maximum Gasteiger partial charge on any atom is 0.311 e. The van der Waals surface area contributed by atoms with Gasteiger partial charge in [-0.05, 0) is 18.8 Å². The molecule has 0 atom stereocenters. The lowest BCUT2D eigenvalue weighted by Crippen LogP contribution is -2.45. The molecule has 0 radical (unpaired) electrons. The monoisotopic (exact) mass is 243 g/mol. The van der Waals surface area contributed by atoms with Crippen molar-refractivity contribution in [2.24, 2.45) is 11.7 Å². The molecule has 16 heavy (non-hydrogen) atoms. The number of nitrogens with two attached hydrogens (primary N) is 1. The molecule has 0 aromatic heterocycles. The highest BCUT2D eigenvalue weighted by Crippen LogP contribution is 2.26. The molecule has 0 spiro atoms. The first-order valence-electron chi connectivity index (χ1n) is 5.32. The van der Waals surface area contributed by atoms with Crippen LogP contribution in [0.25, 0.3) is 0 Å². The van der Waals surface area contributed by atoms with Crippen molar-refractivity contribution in [2.75, 3.05) is 20.1 Å².